The summed E-state index contributed by atoms with van der Waals surface area (Å²) in [4.78, 5) is 15.8. The topological polar surface area (TPSA) is 78.4 Å². The van der Waals surface area contributed by atoms with Gasteiger partial charge in [0, 0.05) is 17.0 Å². The number of hydrogen-bond acceptors (Lipinski definition) is 6. The zero-order chi connectivity index (χ0) is 17.2. The Labute approximate surface area is 148 Å². The molecule has 4 rings (SSSR count). The first-order chi connectivity index (χ1) is 12.3. The number of fused-ring (bicyclic) bond motifs is 2. The van der Waals surface area contributed by atoms with Gasteiger partial charge in [0.05, 0.1) is 16.8 Å². The van der Waals surface area contributed by atoms with Gasteiger partial charge in [0.25, 0.3) is 5.91 Å². The summed E-state index contributed by atoms with van der Waals surface area (Å²) in [5.74, 6) is 0.297. The monoisotopic (exact) mass is 350 g/mol. The second-order valence-corrected chi connectivity index (χ2v) is 6.60. The molecule has 1 amide bonds. The molecule has 1 aliphatic rings. The van der Waals surface area contributed by atoms with Crippen LogP contribution in [0, 0.1) is 0 Å². The second kappa shape index (κ2) is 6.54. The number of benzene rings is 2. The molecule has 0 saturated heterocycles. The first kappa shape index (κ1) is 15.6. The summed E-state index contributed by atoms with van der Waals surface area (Å²) in [6, 6.07) is 17.2. The van der Waals surface area contributed by atoms with Gasteiger partial charge in [-0.15, -0.1) is 5.10 Å². The van der Waals surface area contributed by atoms with E-state index in [-0.39, 0.29) is 0 Å². The van der Waals surface area contributed by atoms with Crippen LogP contribution in [0.5, 0.6) is 0 Å². The first-order valence-corrected chi connectivity index (χ1v) is 8.47. The quantitative estimate of drug-likeness (QED) is 0.557. The normalized spacial score (nSPS) is 12.3. The molecule has 0 bridgehead atoms. The van der Waals surface area contributed by atoms with Crippen LogP contribution in [0.1, 0.15) is 15.9 Å². The molecule has 3 aromatic rings. The van der Waals surface area contributed by atoms with Crippen LogP contribution in [-0.2, 0) is 6.54 Å². The van der Waals surface area contributed by atoms with Crippen molar-refractivity contribution in [2.24, 2.45) is 0 Å². The number of nitrogens with one attached hydrogen (secondary N) is 1. The number of aromatic nitrogens is 2. The van der Waals surface area contributed by atoms with Crippen molar-refractivity contribution in [2.75, 3.05) is 4.90 Å². The van der Waals surface area contributed by atoms with E-state index < -0.39 is 5.91 Å². The molecule has 25 heavy (non-hydrogen) atoms. The van der Waals surface area contributed by atoms with Crippen molar-refractivity contribution in [2.45, 2.75) is 16.3 Å². The minimum Gasteiger partial charge on any atom is -0.318 e. The molecule has 0 atom stereocenters. The summed E-state index contributed by atoms with van der Waals surface area (Å²) in [6.45, 7) is 0.601. The molecule has 1 aliphatic heterocycles. The number of nitrogens with zero attached hydrogens (tertiary/aromatic N) is 3. The smallest absolute Gasteiger partial charge is 0.274 e. The molecule has 2 N–H and O–H groups in total. The highest BCUT2D eigenvalue weighted by Gasteiger charge is 2.24. The van der Waals surface area contributed by atoms with Gasteiger partial charge in [-0.1, -0.05) is 36.0 Å². The third-order valence-corrected chi connectivity index (χ3v) is 5.06. The molecule has 0 spiro atoms. The van der Waals surface area contributed by atoms with Crippen LogP contribution in [0.2, 0.25) is 0 Å². The van der Waals surface area contributed by atoms with E-state index in [0.29, 0.717) is 12.1 Å². The third-order valence-electron chi connectivity index (χ3n) is 3.96. The van der Waals surface area contributed by atoms with Crippen LogP contribution < -0.4 is 10.4 Å². The van der Waals surface area contributed by atoms with Gasteiger partial charge in [-0.25, -0.2) is 5.48 Å². The maximum atomic E-state index is 11.4. The van der Waals surface area contributed by atoms with Gasteiger partial charge in [0.2, 0.25) is 0 Å². The molecule has 2 heterocycles. The van der Waals surface area contributed by atoms with Crippen molar-refractivity contribution in [1.82, 2.24) is 15.7 Å². The standard InChI is InChI=1S/C18H14N4O2S/c23-18(21-24)13-7-5-12(6-8-13)11-22-14-3-1-2-4-15(14)25-16-9-10-19-20-17(16)22/h1-10,24H,11H2,(H,21,23). The van der Waals surface area contributed by atoms with Crippen molar-refractivity contribution in [3.05, 3.63) is 71.9 Å². The Bertz CT molecular complexity index is 885. The first-order valence-electron chi connectivity index (χ1n) is 7.66. The van der Waals surface area contributed by atoms with E-state index in [9.17, 15) is 4.79 Å². The highest BCUT2D eigenvalue weighted by Crippen LogP contribution is 2.47. The second-order valence-electron chi connectivity index (χ2n) is 5.51. The summed E-state index contributed by atoms with van der Waals surface area (Å²) in [5.41, 5.74) is 4.14. The number of carbonyl (C=O) groups is 1. The number of carbonyl (C=O) groups excluding carboxylic acids is 1. The average Bonchev–Trinajstić information content (AvgIpc) is 2.67. The highest BCUT2D eigenvalue weighted by atomic mass is 32.2. The van der Waals surface area contributed by atoms with Gasteiger partial charge >= 0.3 is 0 Å². The fraction of sp³-hybridized carbons (Fsp3) is 0.0556. The number of rotatable bonds is 3. The Balaban J connectivity index is 1.69. The molecular weight excluding hydrogens is 336 g/mol. The van der Waals surface area contributed by atoms with Gasteiger partial charge in [-0.3, -0.25) is 10.0 Å². The van der Waals surface area contributed by atoms with Crippen LogP contribution >= 0.6 is 11.8 Å². The number of para-hydroxylation sites is 1. The minimum absolute atomic E-state index is 0.404. The lowest BCUT2D eigenvalue weighted by Gasteiger charge is -2.31. The van der Waals surface area contributed by atoms with Crippen LogP contribution in [0.3, 0.4) is 0 Å². The van der Waals surface area contributed by atoms with Gasteiger partial charge in [-0.05, 0) is 35.9 Å². The molecule has 0 unspecified atom stereocenters. The maximum absolute atomic E-state index is 11.4. The Kier molecular flexibility index (Phi) is 4.09. The minimum atomic E-state index is -0.525. The summed E-state index contributed by atoms with van der Waals surface area (Å²) < 4.78 is 0. The molecular formula is C18H14N4O2S. The number of amides is 1. The number of hydrogen-bond donors (Lipinski definition) is 2. The van der Waals surface area contributed by atoms with Crippen LogP contribution in [0.25, 0.3) is 0 Å². The van der Waals surface area contributed by atoms with Crippen molar-refractivity contribution >= 4 is 29.2 Å². The van der Waals surface area contributed by atoms with E-state index in [1.165, 1.54) is 4.90 Å². The zero-order valence-corrected chi connectivity index (χ0v) is 13.9. The predicted molar refractivity (Wildman–Crippen MR) is 94.1 cm³/mol. The van der Waals surface area contributed by atoms with E-state index in [1.807, 2.05) is 30.3 Å². The van der Waals surface area contributed by atoms with Crippen LogP contribution in [0.4, 0.5) is 11.5 Å². The third kappa shape index (κ3) is 2.95. The van der Waals surface area contributed by atoms with Gasteiger partial charge in [0.1, 0.15) is 0 Å². The van der Waals surface area contributed by atoms with E-state index in [0.717, 1.165) is 22.0 Å². The zero-order valence-electron chi connectivity index (χ0n) is 13.1. The Morgan fingerprint density at radius 3 is 2.68 bits per heavy atom. The van der Waals surface area contributed by atoms with Crippen molar-refractivity contribution in [3.8, 4) is 0 Å². The molecule has 7 heteroatoms. The number of hydroxylamine groups is 1. The SMILES string of the molecule is O=C(NO)c1ccc(CN2c3ccccc3Sc3ccnnc32)cc1. The largest absolute Gasteiger partial charge is 0.318 e. The molecule has 124 valence electrons. The Hall–Kier alpha value is -2.90. The van der Waals surface area contributed by atoms with Crippen molar-refractivity contribution < 1.29 is 10.0 Å². The van der Waals surface area contributed by atoms with E-state index in [2.05, 4.69) is 27.2 Å². The van der Waals surface area contributed by atoms with E-state index >= 15 is 0 Å². The lowest BCUT2D eigenvalue weighted by Crippen LogP contribution is -2.22. The Morgan fingerprint density at radius 2 is 1.88 bits per heavy atom. The van der Waals surface area contributed by atoms with Crippen molar-refractivity contribution in [3.63, 3.8) is 0 Å². The van der Waals surface area contributed by atoms with Gasteiger partial charge in [0.15, 0.2) is 5.82 Å². The van der Waals surface area contributed by atoms with E-state index in [4.69, 9.17) is 5.21 Å². The lowest BCUT2D eigenvalue weighted by molar-refractivity contribution is 0.0706. The molecule has 0 aliphatic carbocycles. The molecule has 0 saturated carbocycles. The summed E-state index contributed by atoms with van der Waals surface area (Å²) in [7, 11) is 0. The molecule has 6 nitrogen and oxygen atoms in total. The maximum Gasteiger partial charge on any atom is 0.274 e. The Morgan fingerprint density at radius 1 is 1.08 bits per heavy atom. The van der Waals surface area contributed by atoms with E-state index in [1.54, 1.807) is 35.6 Å². The van der Waals surface area contributed by atoms with Crippen LogP contribution in [-0.4, -0.2) is 21.3 Å². The highest BCUT2D eigenvalue weighted by molar-refractivity contribution is 7.99. The fourth-order valence-electron chi connectivity index (χ4n) is 2.75. The molecule has 0 radical (unpaired) electrons. The fourth-order valence-corrected chi connectivity index (χ4v) is 3.78. The summed E-state index contributed by atoms with van der Waals surface area (Å²) in [5, 5.41) is 17.0. The molecule has 0 fully saturated rings. The lowest BCUT2D eigenvalue weighted by atomic mass is 10.1. The van der Waals surface area contributed by atoms with Gasteiger partial charge < -0.3 is 4.90 Å². The number of anilines is 2. The summed E-state index contributed by atoms with van der Waals surface area (Å²) >= 11 is 1.68. The van der Waals surface area contributed by atoms with Crippen molar-refractivity contribution in [1.29, 1.82) is 0 Å². The molecule has 2 aromatic carbocycles. The van der Waals surface area contributed by atoms with Crippen LogP contribution in [0.15, 0.2) is 70.6 Å². The summed E-state index contributed by atoms with van der Waals surface area (Å²) in [6.07, 6.45) is 1.69. The average molecular weight is 350 g/mol. The predicted octanol–water partition coefficient (Wildman–Crippen LogP) is 3.40. The molecule has 1 aromatic heterocycles. The van der Waals surface area contributed by atoms with Gasteiger partial charge in [-0.2, -0.15) is 5.10 Å².